The maximum absolute atomic E-state index is 12.0. The Bertz CT molecular complexity index is 350. The van der Waals surface area contributed by atoms with Gasteiger partial charge < -0.3 is 10.1 Å². The van der Waals surface area contributed by atoms with Gasteiger partial charge in [-0.1, -0.05) is 13.8 Å². The van der Waals surface area contributed by atoms with E-state index in [1.807, 2.05) is 0 Å². The quantitative estimate of drug-likeness (QED) is 0.454. The first-order valence-corrected chi connectivity index (χ1v) is 7.10. The molecule has 5 heteroatoms. The summed E-state index contributed by atoms with van der Waals surface area (Å²) in [6.07, 6.45) is 3.41. The number of ether oxygens (including phenoxy) is 1. The van der Waals surface area contributed by atoms with Crippen LogP contribution in [-0.4, -0.2) is 29.8 Å². The lowest BCUT2D eigenvalue weighted by Gasteiger charge is -2.25. The first-order chi connectivity index (χ1) is 8.42. The standard InChI is InChI=1S/C13H21NO3S/c1-13(2)6-5-8(10(13)18)11(15)17-12(16)9-4-3-7-14-9/h8-10,14,18H,3-7H2,1-2H3/t8?,9-,10?/m0/s1. The molecular formula is C13H21NO3S. The molecule has 2 rings (SSSR count). The Morgan fingerprint density at radius 1 is 1.28 bits per heavy atom. The number of nitrogens with one attached hydrogen (secondary N) is 1. The second-order valence-corrected chi connectivity index (χ2v) is 6.52. The zero-order valence-electron chi connectivity index (χ0n) is 10.9. The van der Waals surface area contributed by atoms with Crippen molar-refractivity contribution in [1.82, 2.24) is 5.32 Å². The van der Waals surface area contributed by atoms with Crippen molar-refractivity contribution in [3.63, 3.8) is 0 Å². The third-order valence-corrected chi connectivity index (χ3v) is 5.19. The lowest BCUT2D eigenvalue weighted by Crippen LogP contribution is -2.37. The van der Waals surface area contributed by atoms with Gasteiger partial charge in [0, 0.05) is 5.25 Å². The second kappa shape index (κ2) is 5.21. The Labute approximate surface area is 113 Å². The van der Waals surface area contributed by atoms with Crippen molar-refractivity contribution in [2.75, 3.05) is 6.54 Å². The predicted octanol–water partition coefficient (Wildman–Crippen LogP) is 1.54. The lowest BCUT2D eigenvalue weighted by atomic mass is 9.90. The van der Waals surface area contributed by atoms with E-state index in [-0.39, 0.29) is 22.6 Å². The first-order valence-electron chi connectivity index (χ1n) is 6.59. The molecule has 2 unspecified atom stereocenters. The molecule has 1 saturated heterocycles. The van der Waals surface area contributed by atoms with Gasteiger partial charge in [0.25, 0.3) is 0 Å². The predicted molar refractivity (Wildman–Crippen MR) is 71.4 cm³/mol. The second-order valence-electron chi connectivity index (χ2n) is 5.97. The van der Waals surface area contributed by atoms with Gasteiger partial charge >= 0.3 is 11.9 Å². The molecule has 1 saturated carbocycles. The maximum Gasteiger partial charge on any atom is 0.330 e. The van der Waals surface area contributed by atoms with Gasteiger partial charge in [-0.05, 0) is 37.6 Å². The molecule has 1 heterocycles. The largest absolute Gasteiger partial charge is 0.392 e. The van der Waals surface area contributed by atoms with E-state index in [1.165, 1.54) is 0 Å². The smallest absolute Gasteiger partial charge is 0.330 e. The topological polar surface area (TPSA) is 55.4 Å². The summed E-state index contributed by atoms with van der Waals surface area (Å²) in [5.74, 6) is -1.09. The number of thiol groups is 1. The van der Waals surface area contributed by atoms with Crippen LogP contribution in [0.5, 0.6) is 0 Å². The molecule has 102 valence electrons. The Kier molecular flexibility index (Phi) is 4.02. The van der Waals surface area contributed by atoms with Gasteiger partial charge in [0.05, 0.1) is 5.92 Å². The van der Waals surface area contributed by atoms with Crippen LogP contribution in [0.2, 0.25) is 0 Å². The highest BCUT2D eigenvalue weighted by Crippen LogP contribution is 2.45. The summed E-state index contributed by atoms with van der Waals surface area (Å²) in [6.45, 7) is 5.01. The molecule has 0 spiro atoms. The van der Waals surface area contributed by atoms with Gasteiger partial charge in [-0.15, -0.1) is 0 Å². The van der Waals surface area contributed by atoms with Crippen LogP contribution in [0.25, 0.3) is 0 Å². The fourth-order valence-corrected chi connectivity index (χ4v) is 3.16. The zero-order chi connectivity index (χ0) is 13.3. The van der Waals surface area contributed by atoms with Crippen LogP contribution in [0.4, 0.5) is 0 Å². The molecule has 3 atom stereocenters. The van der Waals surface area contributed by atoms with Crippen molar-refractivity contribution in [2.24, 2.45) is 11.3 Å². The van der Waals surface area contributed by atoms with Crippen LogP contribution >= 0.6 is 12.6 Å². The fourth-order valence-electron chi connectivity index (χ4n) is 2.76. The van der Waals surface area contributed by atoms with Crippen LogP contribution in [0.1, 0.15) is 39.5 Å². The summed E-state index contributed by atoms with van der Waals surface area (Å²) in [4.78, 5) is 23.7. The monoisotopic (exact) mass is 271 g/mol. The molecule has 18 heavy (non-hydrogen) atoms. The molecule has 0 aromatic rings. The van der Waals surface area contributed by atoms with Gasteiger partial charge in [-0.25, -0.2) is 4.79 Å². The summed E-state index contributed by atoms with van der Waals surface area (Å²) in [7, 11) is 0. The van der Waals surface area contributed by atoms with E-state index in [9.17, 15) is 9.59 Å². The summed E-state index contributed by atoms with van der Waals surface area (Å²) in [5.41, 5.74) is 0.0292. The van der Waals surface area contributed by atoms with Crippen molar-refractivity contribution in [3.8, 4) is 0 Å². The number of hydrogen-bond acceptors (Lipinski definition) is 5. The van der Waals surface area contributed by atoms with Gasteiger partial charge in [-0.3, -0.25) is 4.79 Å². The molecule has 1 aliphatic heterocycles. The number of esters is 2. The number of rotatable bonds is 2. The third kappa shape index (κ3) is 2.72. The van der Waals surface area contributed by atoms with E-state index in [0.29, 0.717) is 0 Å². The average molecular weight is 271 g/mol. The van der Waals surface area contributed by atoms with Crippen molar-refractivity contribution in [1.29, 1.82) is 0 Å². The molecule has 1 aliphatic carbocycles. The minimum absolute atomic E-state index is 0.0292. The van der Waals surface area contributed by atoms with Crippen LogP contribution in [0.15, 0.2) is 0 Å². The molecule has 0 amide bonds. The highest BCUT2D eigenvalue weighted by molar-refractivity contribution is 7.81. The molecule has 1 N–H and O–H groups in total. The van der Waals surface area contributed by atoms with Crippen LogP contribution in [0.3, 0.4) is 0 Å². The molecule has 0 radical (unpaired) electrons. The summed E-state index contributed by atoms with van der Waals surface area (Å²) < 4.78 is 4.99. The van der Waals surface area contributed by atoms with E-state index >= 15 is 0 Å². The Hall–Kier alpha value is -0.550. The van der Waals surface area contributed by atoms with E-state index in [0.717, 1.165) is 32.2 Å². The van der Waals surface area contributed by atoms with Crippen LogP contribution < -0.4 is 5.32 Å². The first kappa shape index (κ1) is 13.9. The van der Waals surface area contributed by atoms with Gasteiger partial charge in [0.2, 0.25) is 0 Å². The molecule has 2 fully saturated rings. The minimum atomic E-state index is -0.428. The van der Waals surface area contributed by atoms with Crippen molar-refractivity contribution in [2.45, 2.75) is 50.8 Å². The molecule has 2 aliphatic rings. The molecule has 0 aromatic heterocycles. The SMILES string of the molecule is CC1(C)CCC(C(=O)OC(=O)[C@@H]2CCCN2)C1S. The normalized spacial score (nSPS) is 34.5. The Balaban J connectivity index is 1.90. The highest BCUT2D eigenvalue weighted by Gasteiger charge is 2.44. The maximum atomic E-state index is 12.0. The number of hydrogen-bond donors (Lipinski definition) is 2. The number of carbonyl (C=O) groups is 2. The Morgan fingerprint density at radius 3 is 2.50 bits per heavy atom. The van der Waals surface area contributed by atoms with Crippen LogP contribution in [0, 0.1) is 11.3 Å². The van der Waals surface area contributed by atoms with Gasteiger partial charge in [0.1, 0.15) is 6.04 Å². The fraction of sp³-hybridized carbons (Fsp3) is 0.846. The average Bonchev–Trinajstić information content (AvgIpc) is 2.89. The van der Waals surface area contributed by atoms with Crippen LogP contribution in [-0.2, 0) is 14.3 Å². The molecule has 4 nitrogen and oxygen atoms in total. The van der Waals surface area contributed by atoms with Gasteiger partial charge in [0.15, 0.2) is 0 Å². The van der Waals surface area contributed by atoms with E-state index in [1.54, 1.807) is 0 Å². The van der Waals surface area contributed by atoms with Crippen molar-refractivity contribution >= 4 is 24.6 Å². The van der Waals surface area contributed by atoms with Crippen molar-refractivity contribution in [3.05, 3.63) is 0 Å². The molecule has 0 aromatic carbocycles. The van der Waals surface area contributed by atoms with E-state index in [4.69, 9.17) is 4.74 Å². The lowest BCUT2D eigenvalue weighted by molar-refractivity contribution is -0.163. The van der Waals surface area contributed by atoms with E-state index in [2.05, 4.69) is 31.8 Å². The summed E-state index contributed by atoms with van der Waals surface area (Å²) >= 11 is 4.51. The molecular weight excluding hydrogens is 250 g/mol. The van der Waals surface area contributed by atoms with E-state index < -0.39 is 11.9 Å². The zero-order valence-corrected chi connectivity index (χ0v) is 11.8. The number of carbonyl (C=O) groups excluding carboxylic acids is 2. The molecule has 0 bridgehead atoms. The van der Waals surface area contributed by atoms with Crippen molar-refractivity contribution < 1.29 is 14.3 Å². The summed E-state index contributed by atoms with van der Waals surface area (Å²) in [6, 6.07) is -0.304. The highest BCUT2D eigenvalue weighted by atomic mass is 32.1. The third-order valence-electron chi connectivity index (χ3n) is 4.13. The van der Waals surface area contributed by atoms with Gasteiger partial charge in [-0.2, -0.15) is 12.6 Å². The minimum Gasteiger partial charge on any atom is -0.392 e. The summed E-state index contributed by atoms with van der Waals surface area (Å²) in [5, 5.41) is 3.00. The Morgan fingerprint density at radius 2 is 2.00 bits per heavy atom.